The number of benzene rings is 1. The van der Waals surface area contributed by atoms with Gasteiger partial charge in [-0.25, -0.2) is 4.39 Å². The number of amides is 1. The molecule has 0 radical (unpaired) electrons. The Morgan fingerprint density at radius 1 is 1.45 bits per heavy atom. The van der Waals surface area contributed by atoms with Gasteiger partial charge in [0.2, 0.25) is 5.91 Å². The van der Waals surface area contributed by atoms with Gasteiger partial charge in [-0.3, -0.25) is 4.79 Å². The molecule has 1 aromatic rings. The normalized spacial score (nSPS) is 11.4. The second-order valence-corrected chi connectivity index (χ2v) is 5.45. The van der Waals surface area contributed by atoms with Gasteiger partial charge in [0.1, 0.15) is 0 Å². The van der Waals surface area contributed by atoms with Crippen molar-refractivity contribution in [2.45, 2.75) is 26.3 Å². The number of hydrogen-bond acceptors (Lipinski definition) is 3. The fourth-order valence-electron chi connectivity index (χ4n) is 1.82. The van der Waals surface area contributed by atoms with Crippen LogP contribution in [0.4, 0.5) is 4.39 Å². The molecule has 0 aliphatic rings. The highest BCUT2D eigenvalue weighted by Crippen LogP contribution is 2.18. The van der Waals surface area contributed by atoms with E-state index in [0.29, 0.717) is 18.2 Å². The van der Waals surface area contributed by atoms with E-state index in [2.05, 4.69) is 31.1 Å². The first-order valence-electron chi connectivity index (χ1n) is 7.43. The van der Waals surface area contributed by atoms with E-state index in [-0.39, 0.29) is 11.7 Å². The van der Waals surface area contributed by atoms with Gasteiger partial charge >= 0.3 is 0 Å². The first-order chi connectivity index (χ1) is 10.4. The fourth-order valence-corrected chi connectivity index (χ4v) is 1.82. The summed E-state index contributed by atoms with van der Waals surface area (Å²) in [5, 5.41) is 2.81. The molecule has 0 spiro atoms. The average molecular weight is 308 g/mol. The minimum absolute atomic E-state index is 0.177. The zero-order valence-electron chi connectivity index (χ0n) is 13.7. The lowest BCUT2D eigenvalue weighted by Crippen LogP contribution is -2.30. The van der Waals surface area contributed by atoms with Crippen LogP contribution >= 0.6 is 0 Å². The largest absolute Gasteiger partial charge is 0.494 e. The number of hydrogen-bond donors (Lipinski definition) is 1. The predicted octanol–water partition coefficient (Wildman–Crippen LogP) is 2.69. The van der Waals surface area contributed by atoms with Crippen LogP contribution in [0.2, 0.25) is 0 Å². The number of rotatable bonds is 8. The van der Waals surface area contributed by atoms with Crippen LogP contribution in [0.1, 0.15) is 25.8 Å². The van der Waals surface area contributed by atoms with Gasteiger partial charge in [-0.05, 0) is 57.6 Å². The van der Waals surface area contributed by atoms with Crippen molar-refractivity contribution >= 4 is 12.0 Å². The topological polar surface area (TPSA) is 41.6 Å². The van der Waals surface area contributed by atoms with E-state index in [0.717, 1.165) is 13.0 Å². The molecule has 4 nitrogen and oxygen atoms in total. The molecule has 0 saturated carbocycles. The van der Waals surface area contributed by atoms with Crippen LogP contribution in [-0.2, 0) is 4.79 Å². The van der Waals surface area contributed by atoms with Gasteiger partial charge in [0.05, 0.1) is 7.11 Å². The fraction of sp³-hybridized carbons (Fsp3) is 0.471. The summed E-state index contributed by atoms with van der Waals surface area (Å²) in [6, 6.07) is 5.07. The summed E-state index contributed by atoms with van der Waals surface area (Å²) in [6.45, 7) is 5.83. The zero-order valence-corrected chi connectivity index (χ0v) is 13.7. The Labute approximate surface area is 132 Å². The second kappa shape index (κ2) is 9.20. The van der Waals surface area contributed by atoms with E-state index in [4.69, 9.17) is 4.74 Å². The molecule has 1 aromatic carbocycles. The maximum Gasteiger partial charge on any atom is 0.243 e. The van der Waals surface area contributed by atoms with E-state index >= 15 is 0 Å². The number of nitrogens with one attached hydrogen (secondary N) is 1. The molecule has 5 heteroatoms. The lowest BCUT2D eigenvalue weighted by atomic mass is 10.2. The Morgan fingerprint density at radius 3 is 2.77 bits per heavy atom. The predicted molar refractivity (Wildman–Crippen MR) is 87.4 cm³/mol. The first kappa shape index (κ1) is 18.2. The molecule has 1 rings (SSSR count). The summed E-state index contributed by atoms with van der Waals surface area (Å²) in [6.07, 6.45) is 3.89. The Balaban J connectivity index is 2.37. The number of carbonyl (C=O) groups excluding carboxylic acids is 1. The maximum atomic E-state index is 13.5. The number of methoxy groups -OCH3 is 1. The van der Waals surface area contributed by atoms with E-state index < -0.39 is 5.82 Å². The molecule has 22 heavy (non-hydrogen) atoms. The van der Waals surface area contributed by atoms with Crippen LogP contribution in [0, 0.1) is 5.82 Å². The molecular weight excluding hydrogens is 283 g/mol. The third-order valence-corrected chi connectivity index (χ3v) is 3.47. The van der Waals surface area contributed by atoms with Gasteiger partial charge in [0, 0.05) is 18.7 Å². The summed E-state index contributed by atoms with van der Waals surface area (Å²) in [7, 11) is 3.47. The standard InChI is InChI=1S/C17H25FN2O2/c1-13(2)20(3)11-5-10-19-17(21)9-7-14-6-8-16(22-4)15(18)12-14/h6-9,12-13H,5,10-11H2,1-4H3,(H,19,21)/b9-7+. The van der Waals surface area contributed by atoms with Crippen molar-refractivity contribution in [1.82, 2.24) is 10.2 Å². The minimum atomic E-state index is -0.443. The summed E-state index contributed by atoms with van der Waals surface area (Å²) in [5.74, 6) is -0.430. The van der Waals surface area contributed by atoms with Crippen LogP contribution in [0.5, 0.6) is 5.75 Å². The van der Waals surface area contributed by atoms with Gasteiger partial charge in [0.25, 0.3) is 0 Å². The molecular formula is C17H25FN2O2. The van der Waals surface area contributed by atoms with Gasteiger partial charge < -0.3 is 15.0 Å². The summed E-state index contributed by atoms with van der Waals surface area (Å²) >= 11 is 0. The van der Waals surface area contributed by atoms with Gasteiger partial charge in [0.15, 0.2) is 11.6 Å². The number of nitrogens with zero attached hydrogens (tertiary/aromatic N) is 1. The maximum absolute atomic E-state index is 13.5. The zero-order chi connectivity index (χ0) is 16.5. The van der Waals surface area contributed by atoms with E-state index in [1.165, 1.54) is 25.3 Å². The first-order valence-corrected chi connectivity index (χ1v) is 7.43. The number of carbonyl (C=O) groups is 1. The van der Waals surface area contributed by atoms with E-state index in [1.54, 1.807) is 12.1 Å². The SMILES string of the molecule is COc1ccc(/C=C/C(=O)NCCCN(C)C(C)C)cc1F. The lowest BCUT2D eigenvalue weighted by molar-refractivity contribution is -0.116. The highest BCUT2D eigenvalue weighted by atomic mass is 19.1. The van der Waals surface area contributed by atoms with Crippen molar-refractivity contribution in [1.29, 1.82) is 0 Å². The molecule has 0 atom stereocenters. The molecule has 0 aromatic heterocycles. The van der Waals surface area contributed by atoms with Crippen LogP contribution in [0.15, 0.2) is 24.3 Å². The summed E-state index contributed by atoms with van der Waals surface area (Å²) in [5.41, 5.74) is 0.619. The van der Waals surface area contributed by atoms with Crippen molar-refractivity contribution in [3.8, 4) is 5.75 Å². The van der Waals surface area contributed by atoms with Crippen LogP contribution in [0.3, 0.4) is 0 Å². The number of ether oxygens (including phenoxy) is 1. The highest BCUT2D eigenvalue weighted by molar-refractivity contribution is 5.91. The molecule has 0 heterocycles. The van der Waals surface area contributed by atoms with Crippen LogP contribution < -0.4 is 10.1 Å². The Kier molecular flexibility index (Phi) is 7.60. The molecule has 0 bridgehead atoms. The average Bonchev–Trinajstić information content (AvgIpc) is 2.49. The molecule has 0 aliphatic carbocycles. The van der Waals surface area contributed by atoms with Crippen LogP contribution in [0.25, 0.3) is 6.08 Å². The third-order valence-electron chi connectivity index (χ3n) is 3.47. The summed E-state index contributed by atoms with van der Waals surface area (Å²) < 4.78 is 18.3. The Hall–Kier alpha value is -1.88. The molecule has 122 valence electrons. The van der Waals surface area contributed by atoms with Gasteiger partial charge in [-0.2, -0.15) is 0 Å². The molecule has 0 unspecified atom stereocenters. The minimum Gasteiger partial charge on any atom is -0.494 e. The van der Waals surface area contributed by atoms with Crippen molar-refractivity contribution < 1.29 is 13.9 Å². The van der Waals surface area contributed by atoms with Crippen LogP contribution in [-0.4, -0.2) is 44.1 Å². The van der Waals surface area contributed by atoms with Crippen molar-refractivity contribution in [2.75, 3.05) is 27.2 Å². The van der Waals surface area contributed by atoms with E-state index in [1.807, 2.05) is 0 Å². The van der Waals surface area contributed by atoms with Crippen molar-refractivity contribution in [2.24, 2.45) is 0 Å². The van der Waals surface area contributed by atoms with Crippen molar-refractivity contribution in [3.05, 3.63) is 35.7 Å². The molecule has 0 aliphatic heterocycles. The number of halogens is 1. The quantitative estimate of drug-likeness (QED) is 0.593. The molecule has 1 amide bonds. The van der Waals surface area contributed by atoms with Gasteiger partial charge in [-0.1, -0.05) is 6.07 Å². The smallest absolute Gasteiger partial charge is 0.243 e. The Bertz CT molecular complexity index is 515. The summed E-state index contributed by atoms with van der Waals surface area (Å²) in [4.78, 5) is 13.9. The van der Waals surface area contributed by atoms with E-state index in [9.17, 15) is 9.18 Å². The lowest BCUT2D eigenvalue weighted by Gasteiger charge is -2.20. The van der Waals surface area contributed by atoms with Gasteiger partial charge in [-0.15, -0.1) is 0 Å². The molecule has 1 N–H and O–H groups in total. The third kappa shape index (κ3) is 6.26. The highest BCUT2D eigenvalue weighted by Gasteiger charge is 2.03. The Morgan fingerprint density at radius 2 is 2.18 bits per heavy atom. The molecule has 0 fully saturated rings. The second-order valence-electron chi connectivity index (χ2n) is 5.45. The monoisotopic (exact) mass is 308 g/mol. The van der Waals surface area contributed by atoms with Crippen molar-refractivity contribution in [3.63, 3.8) is 0 Å². The molecule has 0 saturated heterocycles.